The third kappa shape index (κ3) is 3.17. The first kappa shape index (κ1) is 19.1. The quantitative estimate of drug-likeness (QED) is 0.772. The molecule has 0 unspecified atom stereocenters. The fraction of sp³-hybridized carbons (Fsp3) is 0.682. The van der Waals surface area contributed by atoms with Crippen LogP contribution in [0.15, 0.2) is 30.3 Å². The SMILES string of the molecule is CC1(C)[C@@H]2CC[C@@]1(CS(=O)(=O)N1CCC(Cc3ccccc3)CC1)C(=O)C2. The summed E-state index contributed by atoms with van der Waals surface area (Å²) in [5.41, 5.74) is 0.480. The number of hydrogen-bond acceptors (Lipinski definition) is 3. The van der Waals surface area contributed by atoms with E-state index in [1.54, 1.807) is 4.31 Å². The van der Waals surface area contributed by atoms with Crippen LogP contribution in [0.5, 0.6) is 0 Å². The van der Waals surface area contributed by atoms with E-state index in [0.717, 1.165) is 32.1 Å². The molecule has 2 saturated carbocycles. The number of Topliss-reactive ketones (excluding diaryl/α,β-unsaturated/α-hetero) is 1. The van der Waals surface area contributed by atoms with E-state index in [4.69, 9.17) is 0 Å². The highest BCUT2D eigenvalue weighted by Gasteiger charge is 2.65. The number of carbonyl (C=O) groups excluding carboxylic acids is 1. The fourth-order valence-electron chi connectivity index (χ4n) is 5.85. The van der Waals surface area contributed by atoms with E-state index >= 15 is 0 Å². The van der Waals surface area contributed by atoms with Gasteiger partial charge in [0.1, 0.15) is 5.78 Å². The van der Waals surface area contributed by atoms with Crippen molar-refractivity contribution in [3.8, 4) is 0 Å². The maximum absolute atomic E-state index is 13.2. The molecule has 1 aromatic rings. The molecule has 3 aliphatic rings. The van der Waals surface area contributed by atoms with E-state index < -0.39 is 15.4 Å². The number of carbonyl (C=O) groups is 1. The van der Waals surface area contributed by atoms with Crippen molar-refractivity contribution >= 4 is 15.8 Å². The van der Waals surface area contributed by atoms with Crippen LogP contribution in [0.25, 0.3) is 0 Å². The Morgan fingerprint density at radius 3 is 2.30 bits per heavy atom. The standard InChI is InChI=1S/C22H31NO3S/c1-21(2)19-8-11-22(21,20(24)15-19)16-27(25,26)23-12-9-18(10-13-23)14-17-6-4-3-5-7-17/h3-7,18-19H,8-16H2,1-2H3/t19-,22-/m1/s1. The van der Waals surface area contributed by atoms with Gasteiger partial charge in [0, 0.05) is 24.9 Å². The number of nitrogens with zero attached hydrogens (tertiary/aromatic N) is 1. The van der Waals surface area contributed by atoms with Crippen LogP contribution in [-0.4, -0.2) is 37.3 Å². The molecule has 0 radical (unpaired) electrons. The van der Waals surface area contributed by atoms with Gasteiger partial charge in [0.25, 0.3) is 0 Å². The Labute approximate surface area is 163 Å². The molecule has 3 fully saturated rings. The lowest BCUT2D eigenvalue weighted by atomic mass is 9.70. The summed E-state index contributed by atoms with van der Waals surface area (Å²) in [5, 5.41) is 0. The highest BCUT2D eigenvalue weighted by atomic mass is 32.2. The van der Waals surface area contributed by atoms with Gasteiger partial charge in [-0.2, -0.15) is 0 Å². The molecular formula is C22H31NO3S. The molecule has 0 spiro atoms. The summed E-state index contributed by atoms with van der Waals surface area (Å²) < 4.78 is 28.1. The van der Waals surface area contributed by atoms with Crippen molar-refractivity contribution in [2.45, 2.75) is 52.4 Å². The lowest BCUT2D eigenvalue weighted by Gasteiger charge is -2.39. The molecule has 1 aromatic carbocycles. The lowest BCUT2D eigenvalue weighted by Crippen LogP contribution is -2.48. The van der Waals surface area contributed by atoms with Gasteiger partial charge in [0.15, 0.2) is 0 Å². The minimum Gasteiger partial charge on any atom is -0.299 e. The molecule has 148 valence electrons. The summed E-state index contributed by atoms with van der Waals surface area (Å²) in [6.07, 6.45) is 5.14. The molecule has 0 aromatic heterocycles. The Balaban J connectivity index is 1.41. The van der Waals surface area contributed by atoms with E-state index in [2.05, 4.69) is 38.1 Å². The summed E-state index contributed by atoms with van der Waals surface area (Å²) in [7, 11) is -3.40. The Morgan fingerprint density at radius 1 is 1.07 bits per heavy atom. The molecule has 2 bridgehead atoms. The fourth-order valence-corrected chi connectivity index (χ4v) is 8.10. The van der Waals surface area contributed by atoms with Crippen LogP contribution < -0.4 is 0 Å². The number of sulfonamides is 1. The van der Waals surface area contributed by atoms with Crippen LogP contribution in [-0.2, 0) is 21.2 Å². The van der Waals surface area contributed by atoms with Gasteiger partial charge >= 0.3 is 0 Å². The largest absolute Gasteiger partial charge is 0.299 e. The Morgan fingerprint density at radius 2 is 1.74 bits per heavy atom. The van der Waals surface area contributed by atoms with E-state index in [-0.39, 0.29) is 17.0 Å². The smallest absolute Gasteiger partial charge is 0.215 e. The summed E-state index contributed by atoms with van der Waals surface area (Å²) in [6.45, 7) is 5.40. The number of fused-ring (bicyclic) bond motifs is 2. The summed E-state index contributed by atoms with van der Waals surface area (Å²) in [5.74, 6) is 1.10. The van der Waals surface area contributed by atoms with Crippen LogP contribution >= 0.6 is 0 Å². The van der Waals surface area contributed by atoms with Crippen molar-refractivity contribution < 1.29 is 13.2 Å². The lowest BCUT2D eigenvalue weighted by molar-refractivity contribution is -0.128. The zero-order chi connectivity index (χ0) is 19.3. The zero-order valence-corrected chi connectivity index (χ0v) is 17.3. The number of rotatable bonds is 5. The summed E-state index contributed by atoms with van der Waals surface area (Å²) >= 11 is 0. The van der Waals surface area contributed by atoms with Crippen LogP contribution in [0.4, 0.5) is 0 Å². The van der Waals surface area contributed by atoms with Gasteiger partial charge in [-0.25, -0.2) is 12.7 Å². The third-order valence-electron chi connectivity index (χ3n) is 7.90. The average Bonchev–Trinajstić information content (AvgIpc) is 2.97. The molecule has 1 aliphatic heterocycles. The van der Waals surface area contributed by atoms with Gasteiger partial charge in [0.2, 0.25) is 10.0 Å². The van der Waals surface area contributed by atoms with Crippen LogP contribution in [0, 0.1) is 22.7 Å². The minimum absolute atomic E-state index is 0.0195. The highest BCUT2D eigenvalue weighted by Crippen LogP contribution is 2.64. The molecule has 27 heavy (non-hydrogen) atoms. The first-order valence-corrected chi connectivity index (χ1v) is 11.9. The first-order chi connectivity index (χ1) is 12.7. The van der Waals surface area contributed by atoms with Gasteiger partial charge in [-0.3, -0.25) is 4.79 Å². The molecule has 1 heterocycles. The Kier molecular flexibility index (Phi) is 4.75. The van der Waals surface area contributed by atoms with Crippen LogP contribution in [0.1, 0.15) is 51.5 Å². The maximum Gasteiger partial charge on any atom is 0.215 e. The second kappa shape index (κ2) is 6.70. The number of ketones is 1. The van der Waals surface area contributed by atoms with Crippen molar-refractivity contribution in [3.63, 3.8) is 0 Å². The third-order valence-corrected chi connectivity index (χ3v) is 9.91. The van der Waals surface area contributed by atoms with E-state index in [9.17, 15) is 13.2 Å². The van der Waals surface area contributed by atoms with Gasteiger partial charge in [-0.05, 0) is 54.9 Å². The second-order valence-electron chi connectivity index (χ2n) is 9.46. The topological polar surface area (TPSA) is 54.5 Å². The van der Waals surface area contributed by atoms with Gasteiger partial charge in [-0.15, -0.1) is 0 Å². The predicted molar refractivity (Wildman–Crippen MR) is 107 cm³/mol. The molecule has 1 saturated heterocycles. The molecule has 4 nitrogen and oxygen atoms in total. The van der Waals surface area contributed by atoms with Crippen molar-refractivity contribution in [1.82, 2.24) is 4.31 Å². The molecule has 5 heteroatoms. The molecule has 0 amide bonds. The van der Waals surface area contributed by atoms with Crippen molar-refractivity contribution in [1.29, 1.82) is 0 Å². The van der Waals surface area contributed by atoms with Crippen molar-refractivity contribution in [2.75, 3.05) is 18.8 Å². The van der Waals surface area contributed by atoms with E-state index in [1.165, 1.54) is 5.56 Å². The minimum atomic E-state index is -3.40. The number of benzene rings is 1. The van der Waals surface area contributed by atoms with Crippen LogP contribution in [0.3, 0.4) is 0 Å². The predicted octanol–water partition coefficient (Wildman–Crippen LogP) is 3.67. The van der Waals surface area contributed by atoms with Gasteiger partial charge < -0.3 is 0 Å². The second-order valence-corrected chi connectivity index (χ2v) is 11.4. The number of hydrogen-bond donors (Lipinski definition) is 0. The molecule has 2 atom stereocenters. The Hall–Kier alpha value is -1.20. The highest BCUT2D eigenvalue weighted by molar-refractivity contribution is 7.89. The summed E-state index contributed by atoms with van der Waals surface area (Å²) in [4.78, 5) is 12.7. The van der Waals surface area contributed by atoms with Gasteiger partial charge in [-0.1, -0.05) is 44.2 Å². The normalized spacial score (nSPS) is 31.5. The van der Waals surface area contributed by atoms with Crippen molar-refractivity contribution in [2.24, 2.45) is 22.7 Å². The summed E-state index contributed by atoms with van der Waals surface area (Å²) in [6, 6.07) is 10.4. The molecular weight excluding hydrogens is 358 g/mol. The molecule has 4 rings (SSSR count). The Bertz CT molecular complexity index is 809. The molecule has 0 N–H and O–H groups in total. The average molecular weight is 390 g/mol. The van der Waals surface area contributed by atoms with Crippen LogP contribution in [0.2, 0.25) is 0 Å². The maximum atomic E-state index is 13.2. The van der Waals surface area contributed by atoms with Crippen molar-refractivity contribution in [3.05, 3.63) is 35.9 Å². The monoisotopic (exact) mass is 389 g/mol. The van der Waals surface area contributed by atoms with Gasteiger partial charge in [0.05, 0.1) is 5.75 Å². The zero-order valence-electron chi connectivity index (χ0n) is 16.5. The number of piperidine rings is 1. The first-order valence-electron chi connectivity index (χ1n) is 10.3. The van der Waals surface area contributed by atoms with E-state index in [0.29, 0.717) is 31.3 Å². The van der Waals surface area contributed by atoms with E-state index in [1.807, 2.05) is 6.07 Å². The molecule has 2 aliphatic carbocycles.